The Kier molecular flexibility index (Phi) is 2.11. The average molecular weight is 247 g/mol. The molecular weight excluding hydrogens is 239 g/mol. The van der Waals surface area contributed by atoms with Crippen molar-refractivity contribution in [1.29, 1.82) is 0 Å². The highest BCUT2D eigenvalue weighted by atomic mass is 79.9. The Balaban J connectivity index is 2.42. The van der Waals surface area contributed by atoms with Crippen molar-refractivity contribution in [1.82, 2.24) is 9.88 Å². The van der Waals surface area contributed by atoms with Crippen molar-refractivity contribution in [2.45, 2.75) is 12.7 Å². The third-order valence-corrected chi connectivity index (χ3v) is 2.41. The number of halogens is 2. The van der Waals surface area contributed by atoms with Crippen LogP contribution in [-0.4, -0.2) is 23.2 Å². The molecule has 2 heterocycles. The van der Waals surface area contributed by atoms with Crippen LogP contribution in [0.5, 0.6) is 0 Å². The minimum absolute atomic E-state index is 0.0954. The summed E-state index contributed by atoms with van der Waals surface area (Å²) in [4.78, 5) is 11.3. The van der Waals surface area contributed by atoms with Gasteiger partial charge in [0.1, 0.15) is 11.9 Å². The van der Waals surface area contributed by atoms with Crippen LogP contribution in [0.4, 0.5) is 4.39 Å². The Bertz CT molecular complexity index is 350. The predicted molar refractivity (Wildman–Crippen MR) is 49.4 cm³/mol. The third kappa shape index (κ3) is 1.60. The average Bonchev–Trinajstić information content (AvgIpc) is 2.37. The van der Waals surface area contributed by atoms with E-state index < -0.39 is 6.17 Å². The maximum atomic E-state index is 13.1. The number of nitrogens with zero attached hydrogens (tertiary/aromatic N) is 1. The third-order valence-electron chi connectivity index (χ3n) is 1.97. The van der Waals surface area contributed by atoms with Crippen LogP contribution in [0, 0.1) is 0 Å². The molecule has 3 nitrogen and oxygen atoms in total. The van der Waals surface area contributed by atoms with Crippen LogP contribution in [0.1, 0.15) is 10.5 Å². The van der Waals surface area contributed by atoms with Crippen LogP contribution in [0.3, 0.4) is 0 Å². The highest BCUT2D eigenvalue weighted by molar-refractivity contribution is 9.10. The highest BCUT2D eigenvalue weighted by Crippen LogP contribution is 2.17. The molecule has 13 heavy (non-hydrogen) atoms. The first-order chi connectivity index (χ1) is 6.16. The summed E-state index contributed by atoms with van der Waals surface area (Å²) in [6.45, 7) is 0.331. The summed E-state index contributed by atoms with van der Waals surface area (Å²) in [6, 6.07) is 1.69. The molecule has 0 fully saturated rings. The Morgan fingerprint density at radius 3 is 3.23 bits per heavy atom. The molecule has 1 aromatic heterocycles. The van der Waals surface area contributed by atoms with Gasteiger partial charge in [-0.3, -0.25) is 4.79 Å². The van der Waals surface area contributed by atoms with E-state index >= 15 is 0 Å². The van der Waals surface area contributed by atoms with Gasteiger partial charge in [0.2, 0.25) is 0 Å². The quantitative estimate of drug-likeness (QED) is 0.737. The Morgan fingerprint density at radius 2 is 2.46 bits per heavy atom. The first-order valence-electron chi connectivity index (χ1n) is 3.95. The van der Waals surface area contributed by atoms with E-state index in [1.165, 1.54) is 0 Å². The SMILES string of the molecule is O=C1NC[C@@H](F)Cn2cc(Br)cc21. The monoisotopic (exact) mass is 246 g/mol. The molecule has 1 aromatic rings. The number of carbonyl (C=O) groups is 1. The van der Waals surface area contributed by atoms with E-state index in [1.807, 2.05) is 0 Å². The van der Waals surface area contributed by atoms with Crippen LogP contribution in [-0.2, 0) is 6.54 Å². The minimum atomic E-state index is -1.01. The van der Waals surface area contributed by atoms with Gasteiger partial charge in [0.15, 0.2) is 0 Å². The molecule has 0 spiro atoms. The smallest absolute Gasteiger partial charge is 0.268 e. The van der Waals surface area contributed by atoms with Gasteiger partial charge >= 0.3 is 0 Å². The molecule has 0 bridgehead atoms. The largest absolute Gasteiger partial charge is 0.348 e. The maximum Gasteiger partial charge on any atom is 0.268 e. The summed E-state index contributed by atoms with van der Waals surface area (Å²) in [5.41, 5.74) is 0.507. The summed E-state index contributed by atoms with van der Waals surface area (Å²) in [7, 11) is 0. The molecule has 1 N–H and O–H groups in total. The molecule has 0 saturated heterocycles. The van der Waals surface area contributed by atoms with E-state index in [0.717, 1.165) is 4.47 Å². The van der Waals surface area contributed by atoms with Crippen LogP contribution >= 0.6 is 15.9 Å². The van der Waals surface area contributed by atoms with Crippen LogP contribution < -0.4 is 5.32 Å². The normalized spacial score (nSPS) is 22.0. The summed E-state index contributed by atoms with van der Waals surface area (Å²) >= 11 is 3.24. The van der Waals surface area contributed by atoms with E-state index in [4.69, 9.17) is 0 Å². The highest BCUT2D eigenvalue weighted by Gasteiger charge is 2.20. The fourth-order valence-electron chi connectivity index (χ4n) is 1.39. The topological polar surface area (TPSA) is 34.0 Å². The second kappa shape index (κ2) is 3.14. The molecule has 0 radical (unpaired) electrons. The van der Waals surface area contributed by atoms with Gasteiger partial charge in [-0.2, -0.15) is 0 Å². The molecule has 0 aliphatic carbocycles. The van der Waals surface area contributed by atoms with Gasteiger partial charge in [0.05, 0.1) is 13.1 Å². The standard InChI is InChI=1S/C8H8BrFN2O/c9-5-1-7-8(13)11-2-6(10)4-12(7)3-5/h1,3,6H,2,4H2,(H,11,13)/t6-/m1/s1. The van der Waals surface area contributed by atoms with Crippen molar-refractivity contribution < 1.29 is 9.18 Å². The van der Waals surface area contributed by atoms with Crippen LogP contribution in [0.25, 0.3) is 0 Å². The first-order valence-corrected chi connectivity index (χ1v) is 4.74. The van der Waals surface area contributed by atoms with Gasteiger partial charge < -0.3 is 9.88 Å². The molecule has 0 aromatic carbocycles. The second-order valence-corrected chi connectivity index (χ2v) is 3.92. The fourth-order valence-corrected chi connectivity index (χ4v) is 1.85. The maximum absolute atomic E-state index is 13.1. The number of hydrogen-bond donors (Lipinski definition) is 1. The number of carbonyl (C=O) groups excluding carboxylic acids is 1. The second-order valence-electron chi connectivity index (χ2n) is 3.00. The predicted octanol–water partition coefficient (Wildman–Crippen LogP) is 1.33. The van der Waals surface area contributed by atoms with Gasteiger partial charge in [-0.25, -0.2) is 4.39 Å². The van der Waals surface area contributed by atoms with Crippen molar-refractivity contribution in [3.63, 3.8) is 0 Å². The zero-order valence-corrected chi connectivity index (χ0v) is 8.34. The first kappa shape index (κ1) is 8.74. The van der Waals surface area contributed by atoms with Crippen molar-refractivity contribution in [2.75, 3.05) is 6.54 Å². The molecule has 2 rings (SSSR count). The summed E-state index contributed by atoms with van der Waals surface area (Å²) < 4.78 is 15.5. The lowest BCUT2D eigenvalue weighted by atomic mass is 10.4. The molecule has 5 heteroatoms. The number of nitrogens with one attached hydrogen (secondary N) is 1. The summed E-state index contributed by atoms with van der Waals surface area (Å²) in [5, 5.41) is 2.51. The lowest BCUT2D eigenvalue weighted by molar-refractivity contribution is 0.0945. The van der Waals surface area contributed by atoms with Crippen molar-refractivity contribution in [2.24, 2.45) is 0 Å². The van der Waals surface area contributed by atoms with Gasteiger partial charge in [-0.15, -0.1) is 0 Å². The number of hydrogen-bond acceptors (Lipinski definition) is 1. The molecule has 1 amide bonds. The van der Waals surface area contributed by atoms with E-state index in [1.54, 1.807) is 16.8 Å². The molecule has 1 aliphatic heterocycles. The van der Waals surface area contributed by atoms with E-state index in [0.29, 0.717) is 5.69 Å². The summed E-state index contributed by atoms with van der Waals surface area (Å²) in [6.07, 6.45) is 0.705. The van der Waals surface area contributed by atoms with Gasteiger partial charge in [-0.05, 0) is 22.0 Å². The van der Waals surface area contributed by atoms with Gasteiger partial charge in [-0.1, -0.05) is 0 Å². The van der Waals surface area contributed by atoms with E-state index in [2.05, 4.69) is 21.2 Å². The summed E-state index contributed by atoms with van der Waals surface area (Å²) in [5.74, 6) is -0.217. The lowest BCUT2D eigenvalue weighted by Gasteiger charge is -2.03. The van der Waals surface area contributed by atoms with Crippen LogP contribution in [0.2, 0.25) is 0 Å². The van der Waals surface area contributed by atoms with E-state index in [-0.39, 0.29) is 19.0 Å². The van der Waals surface area contributed by atoms with Gasteiger partial charge in [0, 0.05) is 10.7 Å². The van der Waals surface area contributed by atoms with Crippen molar-refractivity contribution in [3.8, 4) is 0 Å². The lowest BCUT2D eigenvalue weighted by Crippen LogP contribution is -2.27. The van der Waals surface area contributed by atoms with Gasteiger partial charge in [0.25, 0.3) is 5.91 Å². The molecule has 1 atom stereocenters. The van der Waals surface area contributed by atoms with Crippen molar-refractivity contribution >= 4 is 21.8 Å². The zero-order chi connectivity index (χ0) is 9.42. The zero-order valence-electron chi connectivity index (χ0n) is 6.76. The van der Waals surface area contributed by atoms with Crippen molar-refractivity contribution in [3.05, 3.63) is 22.4 Å². The molecular formula is C8H8BrFN2O. The number of aromatic nitrogens is 1. The minimum Gasteiger partial charge on any atom is -0.348 e. The van der Waals surface area contributed by atoms with E-state index in [9.17, 15) is 9.18 Å². The molecule has 0 saturated carbocycles. The number of amides is 1. The number of fused-ring (bicyclic) bond motifs is 1. The fraction of sp³-hybridized carbons (Fsp3) is 0.375. The molecule has 70 valence electrons. The number of alkyl halides is 1. The number of rotatable bonds is 0. The molecule has 0 unspecified atom stereocenters. The Labute approximate surface area is 83.0 Å². The Morgan fingerprint density at radius 1 is 1.69 bits per heavy atom. The van der Waals surface area contributed by atoms with Crippen LogP contribution in [0.15, 0.2) is 16.7 Å². The molecule has 1 aliphatic rings. The Hall–Kier alpha value is -0.840.